The standard InChI is InChI=1S/C22H26N2O4/c1-17-8-9-20(14-18(17)2)27-16-22(26)28-15-21(25)24-12-10-23(11-13-24)19-6-4-3-5-7-19/h3-9,14H,10-13,15-16H2,1-2H3. The summed E-state index contributed by atoms with van der Waals surface area (Å²) in [5, 5.41) is 0. The van der Waals surface area contributed by atoms with Crippen molar-refractivity contribution in [2.45, 2.75) is 13.8 Å². The molecule has 3 rings (SSSR count). The molecule has 6 heteroatoms. The van der Waals surface area contributed by atoms with E-state index in [9.17, 15) is 9.59 Å². The van der Waals surface area contributed by atoms with Gasteiger partial charge in [-0.2, -0.15) is 0 Å². The van der Waals surface area contributed by atoms with E-state index in [0.717, 1.165) is 29.9 Å². The fourth-order valence-corrected chi connectivity index (χ4v) is 3.07. The SMILES string of the molecule is Cc1ccc(OCC(=O)OCC(=O)N2CCN(c3ccccc3)CC2)cc1C. The Morgan fingerprint density at radius 3 is 2.29 bits per heavy atom. The second kappa shape index (κ2) is 9.26. The molecule has 0 bridgehead atoms. The number of nitrogens with zero attached hydrogens (tertiary/aromatic N) is 2. The summed E-state index contributed by atoms with van der Waals surface area (Å²) in [7, 11) is 0. The van der Waals surface area contributed by atoms with Gasteiger partial charge in [-0.25, -0.2) is 4.79 Å². The van der Waals surface area contributed by atoms with E-state index in [2.05, 4.69) is 17.0 Å². The zero-order chi connectivity index (χ0) is 19.9. The number of carbonyl (C=O) groups is 2. The zero-order valence-electron chi connectivity index (χ0n) is 16.4. The molecule has 6 nitrogen and oxygen atoms in total. The van der Waals surface area contributed by atoms with Crippen LogP contribution in [0.5, 0.6) is 5.75 Å². The van der Waals surface area contributed by atoms with E-state index in [1.807, 2.05) is 50.2 Å². The minimum absolute atomic E-state index is 0.174. The minimum atomic E-state index is -0.547. The lowest BCUT2D eigenvalue weighted by Crippen LogP contribution is -2.50. The number of rotatable bonds is 6. The second-order valence-electron chi connectivity index (χ2n) is 6.90. The Labute approximate surface area is 165 Å². The van der Waals surface area contributed by atoms with Crippen LogP contribution in [0.1, 0.15) is 11.1 Å². The van der Waals surface area contributed by atoms with Crippen LogP contribution in [-0.2, 0) is 14.3 Å². The Balaban J connectivity index is 1.38. The van der Waals surface area contributed by atoms with Crippen LogP contribution in [0.2, 0.25) is 0 Å². The maximum atomic E-state index is 12.3. The van der Waals surface area contributed by atoms with Gasteiger partial charge in [0.25, 0.3) is 5.91 Å². The Morgan fingerprint density at radius 2 is 1.61 bits per heavy atom. The molecule has 1 heterocycles. The number of anilines is 1. The lowest BCUT2D eigenvalue weighted by Gasteiger charge is -2.36. The van der Waals surface area contributed by atoms with E-state index in [-0.39, 0.29) is 19.1 Å². The van der Waals surface area contributed by atoms with Crippen molar-refractivity contribution >= 4 is 17.6 Å². The number of ether oxygens (including phenoxy) is 2. The fourth-order valence-electron chi connectivity index (χ4n) is 3.07. The van der Waals surface area contributed by atoms with Crippen molar-refractivity contribution < 1.29 is 19.1 Å². The summed E-state index contributed by atoms with van der Waals surface area (Å²) in [6, 6.07) is 15.8. The van der Waals surface area contributed by atoms with Crippen LogP contribution in [0.25, 0.3) is 0 Å². The summed E-state index contributed by atoms with van der Waals surface area (Å²) in [6.45, 7) is 6.29. The fraction of sp³-hybridized carbons (Fsp3) is 0.364. The van der Waals surface area contributed by atoms with E-state index >= 15 is 0 Å². The number of amides is 1. The van der Waals surface area contributed by atoms with Crippen LogP contribution < -0.4 is 9.64 Å². The molecule has 0 aliphatic carbocycles. The number of hydrogen-bond acceptors (Lipinski definition) is 5. The molecular weight excluding hydrogens is 356 g/mol. The van der Waals surface area contributed by atoms with Gasteiger partial charge in [0.15, 0.2) is 13.2 Å². The second-order valence-corrected chi connectivity index (χ2v) is 6.90. The first-order valence-corrected chi connectivity index (χ1v) is 9.46. The van der Waals surface area contributed by atoms with Crippen LogP contribution in [0.4, 0.5) is 5.69 Å². The number of carbonyl (C=O) groups excluding carboxylic acids is 2. The first-order valence-electron chi connectivity index (χ1n) is 9.46. The largest absolute Gasteiger partial charge is 0.482 e. The predicted octanol–water partition coefficient (Wildman–Crippen LogP) is 2.57. The van der Waals surface area contributed by atoms with Gasteiger partial charge in [0, 0.05) is 31.9 Å². The van der Waals surface area contributed by atoms with Gasteiger partial charge in [-0.05, 0) is 49.2 Å². The molecule has 1 amide bonds. The van der Waals surface area contributed by atoms with Crippen LogP contribution in [0, 0.1) is 13.8 Å². The molecule has 28 heavy (non-hydrogen) atoms. The Morgan fingerprint density at radius 1 is 0.893 bits per heavy atom. The average Bonchev–Trinajstić information content (AvgIpc) is 2.73. The number of para-hydroxylation sites is 1. The number of piperazine rings is 1. The Kier molecular flexibility index (Phi) is 6.53. The van der Waals surface area contributed by atoms with Crippen molar-refractivity contribution in [1.82, 2.24) is 4.90 Å². The van der Waals surface area contributed by atoms with Crippen molar-refractivity contribution in [2.24, 2.45) is 0 Å². The van der Waals surface area contributed by atoms with Crippen LogP contribution >= 0.6 is 0 Å². The lowest BCUT2D eigenvalue weighted by atomic mass is 10.1. The van der Waals surface area contributed by atoms with Gasteiger partial charge in [0.2, 0.25) is 0 Å². The van der Waals surface area contributed by atoms with Gasteiger partial charge in [0.1, 0.15) is 5.75 Å². The molecule has 1 aliphatic heterocycles. The molecule has 148 valence electrons. The van der Waals surface area contributed by atoms with Gasteiger partial charge in [-0.3, -0.25) is 4.79 Å². The lowest BCUT2D eigenvalue weighted by molar-refractivity contribution is -0.153. The first kappa shape index (κ1) is 19.7. The summed E-state index contributed by atoms with van der Waals surface area (Å²) < 4.78 is 10.5. The Hall–Kier alpha value is -3.02. The summed E-state index contributed by atoms with van der Waals surface area (Å²) in [5.41, 5.74) is 3.41. The zero-order valence-corrected chi connectivity index (χ0v) is 16.4. The van der Waals surface area contributed by atoms with Crippen molar-refractivity contribution in [1.29, 1.82) is 0 Å². The van der Waals surface area contributed by atoms with Gasteiger partial charge in [0.05, 0.1) is 0 Å². The van der Waals surface area contributed by atoms with Gasteiger partial charge in [-0.1, -0.05) is 24.3 Å². The quantitative estimate of drug-likeness (QED) is 0.719. The maximum absolute atomic E-state index is 12.3. The molecule has 0 N–H and O–H groups in total. The molecule has 0 spiro atoms. The molecule has 2 aromatic carbocycles. The number of aryl methyl sites for hydroxylation is 2. The van der Waals surface area contributed by atoms with Gasteiger partial charge < -0.3 is 19.3 Å². The van der Waals surface area contributed by atoms with Crippen molar-refractivity contribution in [2.75, 3.05) is 44.3 Å². The molecule has 0 radical (unpaired) electrons. The van der Waals surface area contributed by atoms with Crippen LogP contribution in [0.3, 0.4) is 0 Å². The topological polar surface area (TPSA) is 59.1 Å². The number of esters is 1. The molecule has 0 atom stereocenters. The summed E-state index contributed by atoms with van der Waals surface area (Å²) in [6.07, 6.45) is 0. The molecule has 1 saturated heterocycles. The third-order valence-corrected chi connectivity index (χ3v) is 4.95. The third kappa shape index (κ3) is 5.25. The first-order chi connectivity index (χ1) is 13.5. The number of benzene rings is 2. The summed E-state index contributed by atoms with van der Waals surface area (Å²) in [4.78, 5) is 28.1. The highest BCUT2D eigenvalue weighted by molar-refractivity contribution is 5.81. The summed E-state index contributed by atoms with van der Waals surface area (Å²) in [5.74, 6) is -0.106. The highest BCUT2D eigenvalue weighted by Crippen LogP contribution is 2.17. The molecule has 1 aliphatic rings. The van der Waals surface area contributed by atoms with E-state index in [4.69, 9.17) is 9.47 Å². The van der Waals surface area contributed by atoms with E-state index in [1.165, 1.54) is 0 Å². The third-order valence-electron chi connectivity index (χ3n) is 4.95. The highest BCUT2D eigenvalue weighted by Gasteiger charge is 2.22. The summed E-state index contributed by atoms with van der Waals surface area (Å²) >= 11 is 0. The van der Waals surface area contributed by atoms with E-state index in [1.54, 1.807) is 4.90 Å². The van der Waals surface area contributed by atoms with Crippen molar-refractivity contribution in [3.8, 4) is 5.75 Å². The molecule has 1 fully saturated rings. The predicted molar refractivity (Wildman–Crippen MR) is 108 cm³/mol. The molecule has 0 aromatic heterocycles. The van der Waals surface area contributed by atoms with Gasteiger partial charge >= 0.3 is 5.97 Å². The monoisotopic (exact) mass is 382 g/mol. The van der Waals surface area contributed by atoms with Crippen molar-refractivity contribution in [3.63, 3.8) is 0 Å². The molecule has 2 aromatic rings. The van der Waals surface area contributed by atoms with E-state index in [0.29, 0.717) is 18.8 Å². The highest BCUT2D eigenvalue weighted by atomic mass is 16.6. The maximum Gasteiger partial charge on any atom is 0.344 e. The Bertz CT molecular complexity index is 815. The number of hydrogen-bond donors (Lipinski definition) is 0. The molecule has 0 saturated carbocycles. The van der Waals surface area contributed by atoms with Crippen LogP contribution in [0.15, 0.2) is 48.5 Å². The average molecular weight is 382 g/mol. The molecular formula is C22H26N2O4. The van der Waals surface area contributed by atoms with Crippen LogP contribution in [-0.4, -0.2) is 56.2 Å². The van der Waals surface area contributed by atoms with Crippen molar-refractivity contribution in [3.05, 3.63) is 59.7 Å². The smallest absolute Gasteiger partial charge is 0.344 e. The van der Waals surface area contributed by atoms with E-state index < -0.39 is 5.97 Å². The normalized spacial score (nSPS) is 13.9. The van der Waals surface area contributed by atoms with Gasteiger partial charge in [-0.15, -0.1) is 0 Å². The minimum Gasteiger partial charge on any atom is -0.482 e. The molecule has 0 unspecified atom stereocenters.